The molecule has 1 aromatic carbocycles. The van der Waals surface area contributed by atoms with E-state index in [4.69, 9.17) is 9.84 Å². The van der Waals surface area contributed by atoms with Crippen LogP contribution in [0.25, 0.3) is 0 Å². The minimum Gasteiger partial charge on any atom is -0.504 e. The fraction of sp³-hybridized carbons (Fsp3) is 0.222. The van der Waals surface area contributed by atoms with Gasteiger partial charge in [-0.05, 0) is 18.1 Å². The molecule has 0 bridgehead atoms. The number of carbonyl (C=O) groups excluding carboxylic acids is 1. The van der Waals surface area contributed by atoms with Crippen LogP contribution >= 0.6 is 0 Å². The standard InChI is InChI=1S/C9H8O4/c10-6-3-1-5-2-4-7(11)13-9(5)8(6)12/h1,3,10,12H,2,4H2. The first-order valence-electron chi connectivity index (χ1n) is 3.93. The number of rotatable bonds is 0. The van der Waals surface area contributed by atoms with E-state index in [-0.39, 0.29) is 23.2 Å². The van der Waals surface area contributed by atoms with E-state index in [2.05, 4.69) is 0 Å². The average Bonchev–Trinajstić information content (AvgIpc) is 2.12. The van der Waals surface area contributed by atoms with E-state index in [0.29, 0.717) is 12.8 Å². The minimum atomic E-state index is -0.381. The molecule has 13 heavy (non-hydrogen) atoms. The van der Waals surface area contributed by atoms with Crippen molar-refractivity contribution in [2.24, 2.45) is 0 Å². The van der Waals surface area contributed by atoms with Crippen LogP contribution in [0.2, 0.25) is 0 Å². The van der Waals surface area contributed by atoms with Gasteiger partial charge in [-0.15, -0.1) is 0 Å². The fourth-order valence-corrected chi connectivity index (χ4v) is 1.31. The molecule has 0 spiro atoms. The molecule has 2 rings (SSSR count). The number of esters is 1. The van der Waals surface area contributed by atoms with Crippen LogP contribution in [0.3, 0.4) is 0 Å². The Morgan fingerprint density at radius 3 is 2.77 bits per heavy atom. The van der Waals surface area contributed by atoms with Crippen molar-refractivity contribution in [1.82, 2.24) is 0 Å². The fourth-order valence-electron chi connectivity index (χ4n) is 1.31. The predicted octanol–water partition coefficient (Wildman–Crippen LogP) is 0.949. The highest BCUT2D eigenvalue weighted by atomic mass is 16.5. The topological polar surface area (TPSA) is 66.8 Å². The van der Waals surface area contributed by atoms with E-state index in [9.17, 15) is 9.90 Å². The molecule has 0 amide bonds. The highest BCUT2D eigenvalue weighted by Crippen LogP contribution is 2.40. The van der Waals surface area contributed by atoms with Crippen molar-refractivity contribution >= 4 is 5.97 Å². The van der Waals surface area contributed by atoms with Crippen molar-refractivity contribution in [3.63, 3.8) is 0 Å². The number of fused-ring (bicyclic) bond motifs is 1. The first-order chi connectivity index (χ1) is 6.18. The van der Waals surface area contributed by atoms with E-state index in [0.717, 1.165) is 5.56 Å². The molecule has 4 nitrogen and oxygen atoms in total. The largest absolute Gasteiger partial charge is 0.504 e. The van der Waals surface area contributed by atoms with E-state index in [1.807, 2.05) is 0 Å². The molecule has 1 aromatic rings. The quantitative estimate of drug-likeness (QED) is 0.354. The normalized spacial score (nSPS) is 14.9. The Kier molecular flexibility index (Phi) is 1.62. The molecular weight excluding hydrogens is 172 g/mol. The number of aromatic hydroxyl groups is 2. The van der Waals surface area contributed by atoms with Gasteiger partial charge >= 0.3 is 5.97 Å². The van der Waals surface area contributed by atoms with E-state index < -0.39 is 0 Å². The van der Waals surface area contributed by atoms with Gasteiger partial charge in [0.1, 0.15) is 0 Å². The highest BCUT2D eigenvalue weighted by molar-refractivity contribution is 5.77. The van der Waals surface area contributed by atoms with Crippen LogP contribution in [0.5, 0.6) is 17.2 Å². The maximum absolute atomic E-state index is 10.9. The van der Waals surface area contributed by atoms with Crippen molar-refractivity contribution in [3.05, 3.63) is 17.7 Å². The molecule has 0 saturated carbocycles. The molecule has 0 aliphatic carbocycles. The zero-order valence-electron chi connectivity index (χ0n) is 6.78. The van der Waals surface area contributed by atoms with Gasteiger partial charge in [0.15, 0.2) is 11.5 Å². The summed E-state index contributed by atoms with van der Waals surface area (Å²) in [6, 6.07) is 3.02. The van der Waals surface area contributed by atoms with Crippen molar-refractivity contribution in [3.8, 4) is 17.2 Å². The summed E-state index contributed by atoms with van der Waals surface area (Å²) in [5.41, 5.74) is 0.745. The van der Waals surface area contributed by atoms with Crippen LogP contribution in [0.15, 0.2) is 12.1 Å². The number of ether oxygens (including phenoxy) is 1. The lowest BCUT2D eigenvalue weighted by Crippen LogP contribution is -2.15. The van der Waals surface area contributed by atoms with Crippen molar-refractivity contribution in [1.29, 1.82) is 0 Å². The Hall–Kier alpha value is -1.71. The van der Waals surface area contributed by atoms with E-state index in [1.54, 1.807) is 6.07 Å². The molecule has 0 fully saturated rings. The molecule has 0 atom stereocenters. The SMILES string of the molecule is O=C1CCc2ccc(O)c(O)c2O1. The van der Waals surface area contributed by atoms with Gasteiger partial charge in [0.2, 0.25) is 5.75 Å². The molecule has 2 N–H and O–H groups in total. The summed E-state index contributed by atoms with van der Waals surface area (Å²) in [5, 5.41) is 18.5. The van der Waals surface area contributed by atoms with E-state index >= 15 is 0 Å². The van der Waals surface area contributed by atoms with Gasteiger partial charge in [-0.3, -0.25) is 4.79 Å². The van der Waals surface area contributed by atoms with Gasteiger partial charge in [0.05, 0.1) is 6.42 Å². The van der Waals surface area contributed by atoms with Crippen LogP contribution < -0.4 is 4.74 Å². The van der Waals surface area contributed by atoms with Crippen LogP contribution in [0, 0.1) is 0 Å². The molecule has 0 unspecified atom stereocenters. The second kappa shape index (κ2) is 2.65. The Morgan fingerprint density at radius 1 is 1.23 bits per heavy atom. The molecule has 68 valence electrons. The summed E-state index contributed by atoms with van der Waals surface area (Å²) in [4.78, 5) is 10.9. The van der Waals surface area contributed by atoms with Gasteiger partial charge in [0.25, 0.3) is 0 Å². The molecule has 0 saturated heterocycles. The molecule has 4 heteroatoms. The lowest BCUT2D eigenvalue weighted by molar-refractivity contribution is -0.135. The van der Waals surface area contributed by atoms with Crippen LogP contribution in [0.4, 0.5) is 0 Å². The Balaban J connectivity index is 2.54. The highest BCUT2D eigenvalue weighted by Gasteiger charge is 2.21. The summed E-state index contributed by atoms with van der Waals surface area (Å²) in [5.74, 6) is -0.913. The summed E-state index contributed by atoms with van der Waals surface area (Å²) in [6.07, 6.45) is 0.860. The third-order valence-corrected chi connectivity index (χ3v) is 2.01. The molecule has 1 aliphatic heterocycles. The third-order valence-electron chi connectivity index (χ3n) is 2.01. The summed E-state index contributed by atoms with van der Waals surface area (Å²) in [6.45, 7) is 0. The Labute approximate surface area is 74.4 Å². The average molecular weight is 180 g/mol. The summed E-state index contributed by atoms with van der Waals surface area (Å²) in [7, 11) is 0. The van der Waals surface area contributed by atoms with Crippen molar-refractivity contribution < 1.29 is 19.7 Å². The van der Waals surface area contributed by atoms with Gasteiger partial charge in [-0.25, -0.2) is 0 Å². The summed E-state index contributed by atoms with van der Waals surface area (Å²) < 4.78 is 4.79. The van der Waals surface area contributed by atoms with Gasteiger partial charge < -0.3 is 14.9 Å². The number of benzene rings is 1. The third kappa shape index (κ3) is 1.20. The van der Waals surface area contributed by atoms with Gasteiger partial charge in [0, 0.05) is 0 Å². The number of phenols is 2. The second-order valence-corrected chi connectivity index (χ2v) is 2.90. The molecule has 1 heterocycles. The van der Waals surface area contributed by atoms with Crippen LogP contribution in [0.1, 0.15) is 12.0 Å². The molecule has 0 aromatic heterocycles. The number of aryl methyl sites for hydroxylation is 1. The number of phenolic OH excluding ortho intramolecular Hbond substituents is 2. The smallest absolute Gasteiger partial charge is 0.311 e. The second-order valence-electron chi connectivity index (χ2n) is 2.90. The maximum atomic E-state index is 10.9. The molecular formula is C9H8O4. The summed E-state index contributed by atoms with van der Waals surface area (Å²) >= 11 is 0. The number of carbonyl (C=O) groups is 1. The zero-order chi connectivity index (χ0) is 9.42. The Bertz CT molecular complexity index is 370. The van der Waals surface area contributed by atoms with Gasteiger partial charge in [-0.2, -0.15) is 0 Å². The van der Waals surface area contributed by atoms with Gasteiger partial charge in [-0.1, -0.05) is 6.07 Å². The first kappa shape index (κ1) is 7.91. The van der Waals surface area contributed by atoms with Crippen LogP contribution in [-0.2, 0) is 11.2 Å². The number of hydrogen-bond acceptors (Lipinski definition) is 4. The van der Waals surface area contributed by atoms with Crippen molar-refractivity contribution in [2.45, 2.75) is 12.8 Å². The molecule has 0 radical (unpaired) electrons. The lowest BCUT2D eigenvalue weighted by Gasteiger charge is -2.16. The Morgan fingerprint density at radius 2 is 2.00 bits per heavy atom. The van der Waals surface area contributed by atoms with Crippen LogP contribution in [-0.4, -0.2) is 16.2 Å². The molecule has 1 aliphatic rings. The number of hydrogen-bond donors (Lipinski definition) is 2. The first-order valence-corrected chi connectivity index (χ1v) is 3.93. The minimum absolute atomic E-state index is 0.0938. The predicted molar refractivity (Wildman–Crippen MR) is 43.7 cm³/mol. The monoisotopic (exact) mass is 180 g/mol. The lowest BCUT2D eigenvalue weighted by atomic mass is 10.1. The van der Waals surface area contributed by atoms with Crippen molar-refractivity contribution in [2.75, 3.05) is 0 Å². The van der Waals surface area contributed by atoms with E-state index in [1.165, 1.54) is 6.07 Å². The zero-order valence-corrected chi connectivity index (χ0v) is 6.78. The maximum Gasteiger partial charge on any atom is 0.311 e.